The lowest BCUT2D eigenvalue weighted by Crippen LogP contribution is -2.05. The lowest BCUT2D eigenvalue weighted by Gasteiger charge is -2.10. The second kappa shape index (κ2) is 5.24. The van der Waals surface area contributed by atoms with Gasteiger partial charge in [-0.25, -0.2) is 9.97 Å². The Bertz CT molecular complexity index is 683. The zero-order chi connectivity index (χ0) is 14.9. The molecule has 0 aliphatic heterocycles. The molecule has 0 unspecified atom stereocenters. The van der Waals surface area contributed by atoms with Crippen LogP contribution in [0.4, 0.5) is 11.6 Å². The van der Waals surface area contributed by atoms with Gasteiger partial charge in [0.1, 0.15) is 5.69 Å². The van der Waals surface area contributed by atoms with Gasteiger partial charge in [-0.1, -0.05) is 17.7 Å². The third-order valence-electron chi connectivity index (χ3n) is 3.11. The lowest BCUT2D eigenvalue weighted by molar-refractivity contribution is -0.385. The third kappa shape index (κ3) is 2.45. The van der Waals surface area contributed by atoms with Gasteiger partial charge in [0.2, 0.25) is 5.95 Å². The topological polar surface area (TPSA) is 81.0 Å². The van der Waals surface area contributed by atoms with E-state index in [1.807, 2.05) is 32.0 Å². The molecule has 1 heterocycles. The molecule has 0 aliphatic carbocycles. The minimum atomic E-state index is -0.425. The van der Waals surface area contributed by atoms with E-state index in [1.165, 1.54) is 0 Å². The molecule has 2 aromatic rings. The van der Waals surface area contributed by atoms with Crippen molar-refractivity contribution in [1.82, 2.24) is 9.97 Å². The molecule has 1 aromatic heterocycles. The highest BCUT2D eigenvalue weighted by atomic mass is 16.6. The first-order valence-electron chi connectivity index (χ1n) is 6.22. The van der Waals surface area contributed by atoms with Gasteiger partial charge in [0.15, 0.2) is 5.69 Å². The standard InChI is InChI=1S/C14H16N4O2/c1-8-5-6-9(2)11(7-8)12-13(18(19)20)10(3)16-14(15-4)17-12/h5-7H,1-4H3,(H,15,16,17). The summed E-state index contributed by atoms with van der Waals surface area (Å²) in [7, 11) is 1.69. The summed E-state index contributed by atoms with van der Waals surface area (Å²) in [5, 5.41) is 14.2. The molecule has 0 spiro atoms. The average molecular weight is 272 g/mol. The molecule has 0 aliphatic rings. The van der Waals surface area contributed by atoms with Crippen LogP contribution in [0, 0.1) is 30.9 Å². The predicted octanol–water partition coefficient (Wildman–Crippen LogP) is 3.02. The molecule has 6 nitrogen and oxygen atoms in total. The van der Waals surface area contributed by atoms with Gasteiger partial charge in [-0.2, -0.15) is 0 Å². The molecule has 1 N–H and O–H groups in total. The zero-order valence-corrected chi connectivity index (χ0v) is 11.9. The number of aromatic nitrogens is 2. The summed E-state index contributed by atoms with van der Waals surface area (Å²) >= 11 is 0. The quantitative estimate of drug-likeness (QED) is 0.686. The van der Waals surface area contributed by atoms with Crippen LogP contribution in [-0.4, -0.2) is 21.9 Å². The SMILES string of the molecule is CNc1nc(C)c([N+](=O)[O-])c(-c2cc(C)ccc2C)n1. The van der Waals surface area contributed by atoms with E-state index in [4.69, 9.17) is 0 Å². The van der Waals surface area contributed by atoms with Crippen LogP contribution in [0.3, 0.4) is 0 Å². The minimum absolute atomic E-state index is 0.0438. The summed E-state index contributed by atoms with van der Waals surface area (Å²) in [6, 6.07) is 5.81. The number of anilines is 1. The van der Waals surface area contributed by atoms with Crippen LogP contribution >= 0.6 is 0 Å². The Morgan fingerprint density at radius 3 is 2.50 bits per heavy atom. The van der Waals surface area contributed by atoms with Gasteiger partial charge in [0, 0.05) is 12.6 Å². The van der Waals surface area contributed by atoms with Crippen LogP contribution in [0.1, 0.15) is 16.8 Å². The Morgan fingerprint density at radius 2 is 1.90 bits per heavy atom. The van der Waals surface area contributed by atoms with Gasteiger partial charge in [0.05, 0.1) is 4.92 Å². The van der Waals surface area contributed by atoms with Crippen molar-refractivity contribution >= 4 is 11.6 Å². The highest BCUT2D eigenvalue weighted by Crippen LogP contribution is 2.33. The summed E-state index contributed by atoms with van der Waals surface area (Å²) in [5.41, 5.74) is 3.40. The third-order valence-corrected chi connectivity index (χ3v) is 3.11. The first-order chi connectivity index (χ1) is 9.43. The maximum atomic E-state index is 11.3. The second-order valence-corrected chi connectivity index (χ2v) is 4.66. The van der Waals surface area contributed by atoms with Crippen molar-refractivity contribution in [3.8, 4) is 11.3 Å². The Hall–Kier alpha value is -2.50. The van der Waals surface area contributed by atoms with Crippen LogP contribution in [0.15, 0.2) is 18.2 Å². The van der Waals surface area contributed by atoms with Gasteiger partial charge < -0.3 is 5.32 Å². The van der Waals surface area contributed by atoms with E-state index in [0.29, 0.717) is 17.3 Å². The van der Waals surface area contributed by atoms with E-state index in [2.05, 4.69) is 15.3 Å². The smallest absolute Gasteiger partial charge is 0.316 e. The molecular weight excluding hydrogens is 256 g/mol. The van der Waals surface area contributed by atoms with Crippen molar-refractivity contribution in [2.24, 2.45) is 0 Å². The summed E-state index contributed by atoms with van der Waals surface area (Å²) in [4.78, 5) is 19.3. The molecule has 0 saturated carbocycles. The molecule has 2 rings (SSSR count). The molecule has 0 saturated heterocycles. The Kier molecular flexibility index (Phi) is 3.65. The monoisotopic (exact) mass is 272 g/mol. The van der Waals surface area contributed by atoms with Gasteiger partial charge >= 0.3 is 5.69 Å². The van der Waals surface area contributed by atoms with Crippen molar-refractivity contribution in [1.29, 1.82) is 0 Å². The predicted molar refractivity (Wildman–Crippen MR) is 77.9 cm³/mol. The zero-order valence-electron chi connectivity index (χ0n) is 11.9. The molecule has 0 fully saturated rings. The van der Waals surface area contributed by atoms with Crippen LogP contribution in [-0.2, 0) is 0 Å². The number of rotatable bonds is 3. The fourth-order valence-corrected chi connectivity index (χ4v) is 2.08. The van der Waals surface area contributed by atoms with E-state index in [9.17, 15) is 10.1 Å². The van der Waals surface area contributed by atoms with E-state index >= 15 is 0 Å². The number of nitrogens with zero attached hydrogens (tertiary/aromatic N) is 3. The Balaban J connectivity index is 2.80. The van der Waals surface area contributed by atoms with Crippen LogP contribution in [0.25, 0.3) is 11.3 Å². The van der Waals surface area contributed by atoms with Crippen LogP contribution in [0.2, 0.25) is 0 Å². The number of aryl methyl sites for hydroxylation is 3. The molecule has 0 radical (unpaired) electrons. The van der Waals surface area contributed by atoms with Crippen molar-refractivity contribution in [2.75, 3.05) is 12.4 Å². The number of nitro groups is 1. The van der Waals surface area contributed by atoms with Crippen LogP contribution < -0.4 is 5.32 Å². The van der Waals surface area contributed by atoms with Crippen LogP contribution in [0.5, 0.6) is 0 Å². The summed E-state index contributed by atoms with van der Waals surface area (Å²) < 4.78 is 0. The van der Waals surface area contributed by atoms with E-state index in [-0.39, 0.29) is 5.69 Å². The van der Waals surface area contributed by atoms with Crippen molar-refractivity contribution in [2.45, 2.75) is 20.8 Å². The molecule has 104 valence electrons. The molecule has 6 heteroatoms. The largest absolute Gasteiger partial charge is 0.357 e. The second-order valence-electron chi connectivity index (χ2n) is 4.66. The minimum Gasteiger partial charge on any atom is -0.357 e. The number of nitrogens with one attached hydrogen (secondary N) is 1. The summed E-state index contributed by atoms with van der Waals surface area (Å²) in [6.45, 7) is 5.48. The highest BCUT2D eigenvalue weighted by Gasteiger charge is 2.24. The average Bonchev–Trinajstić information content (AvgIpc) is 2.40. The first kappa shape index (κ1) is 13.9. The highest BCUT2D eigenvalue weighted by molar-refractivity contribution is 5.74. The van der Waals surface area contributed by atoms with Crippen molar-refractivity contribution in [3.63, 3.8) is 0 Å². The first-order valence-corrected chi connectivity index (χ1v) is 6.22. The molecule has 20 heavy (non-hydrogen) atoms. The fraction of sp³-hybridized carbons (Fsp3) is 0.286. The molecule has 1 aromatic carbocycles. The normalized spacial score (nSPS) is 10.4. The van der Waals surface area contributed by atoms with Gasteiger partial charge in [0.25, 0.3) is 0 Å². The summed E-state index contributed by atoms with van der Waals surface area (Å²) in [6.07, 6.45) is 0. The lowest BCUT2D eigenvalue weighted by atomic mass is 10.0. The fourth-order valence-electron chi connectivity index (χ4n) is 2.08. The van der Waals surface area contributed by atoms with Crippen molar-refractivity contribution in [3.05, 3.63) is 45.1 Å². The van der Waals surface area contributed by atoms with E-state index < -0.39 is 4.92 Å². The maximum Gasteiger partial charge on any atom is 0.316 e. The van der Waals surface area contributed by atoms with E-state index in [0.717, 1.165) is 16.7 Å². The van der Waals surface area contributed by atoms with Gasteiger partial charge in [-0.3, -0.25) is 10.1 Å². The van der Waals surface area contributed by atoms with Gasteiger partial charge in [-0.15, -0.1) is 0 Å². The number of hydrogen-bond acceptors (Lipinski definition) is 5. The Morgan fingerprint density at radius 1 is 1.20 bits per heavy atom. The molecule has 0 bridgehead atoms. The molecule has 0 atom stereocenters. The van der Waals surface area contributed by atoms with E-state index in [1.54, 1.807) is 14.0 Å². The van der Waals surface area contributed by atoms with Gasteiger partial charge in [-0.05, 0) is 32.4 Å². The number of benzene rings is 1. The number of hydrogen-bond donors (Lipinski definition) is 1. The van der Waals surface area contributed by atoms with Crippen molar-refractivity contribution < 1.29 is 4.92 Å². The Labute approximate surface area is 117 Å². The molecular formula is C14H16N4O2. The summed E-state index contributed by atoms with van der Waals surface area (Å²) in [5.74, 6) is 0.379. The molecule has 0 amide bonds. The maximum absolute atomic E-state index is 11.3.